The molecule has 1 aromatic rings. The van der Waals surface area contributed by atoms with E-state index in [1.54, 1.807) is 18.5 Å². The maximum atomic E-state index is 8.43. The minimum Gasteiger partial charge on any atom is -0.392 e. The Kier molecular flexibility index (Phi) is 2.64. The van der Waals surface area contributed by atoms with E-state index in [1.165, 1.54) is 0 Å². The molecule has 0 unspecified atom stereocenters. The van der Waals surface area contributed by atoms with E-state index in [9.17, 15) is 0 Å². The predicted octanol–water partition coefficient (Wildman–Crippen LogP) is 1.09. The van der Waals surface area contributed by atoms with E-state index in [1.807, 2.05) is 18.2 Å². The first-order chi connectivity index (χ1) is 4.93. The van der Waals surface area contributed by atoms with Crippen molar-refractivity contribution in [2.45, 2.75) is 0 Å². The van der Waals surface area contributed by atoms with Crippen molar-refractivity contribution in [2.75, 3.05) is 6.61 Å². The molecule has 0 aliphatic carbocycles. The van der Waals surface area contributed by atoms with E-state index in [-0.39, 0.29) is 6.61 Å². The van der Waals surface area contributed by atoms with Crippen molar-refractivity contribution in [3.05, 3.63) is 36.2 Å². The van der Waals surface area contributed by atoms with Crippen molar-refractivity contribution in [1.29, 1.82) is 0 Å². The number of nitrogens with zero attached hydrogens (tertiary/aromatic N) is 1. The Morgan fingerprint density at radius 1 is 1.40 bits per heavy atom. The summed E-state index contributed by atoms with van der Waals surface area (Å²) in [4.78, 5) is 3.86. The predicted molar refractivity (Wildman–Crippen MR) is 40.4 cm³/mol. The Hall–Kier alpha value is -1.15. The van der Waals surface area contributed by atoms with Gasteiger partial charge in [0.25, 0.3) is 0 Å². The lowest BCUT2D eigenvalue weighted by atomic mass is 10.2. The van der Waals surface area contributed by atoms with E-state index in [0.717, 1.165) is 5.56 Å². The molecule has 10 heavy (non-hydrogen) atoms. The zero-order chi connectivity index (χ0) is 7.23. The Morgan fingerprint density at radius 2 is 2.10 bits per heavy atom. The van der Waals surface area contributed by atoms with Gasteiger partial charge in [0.05, 0.1) is 6.61 Å². The molecule has 0 fully saturated rings. The second kappa shape index (κ2) is 3.80. The number of aromatic nitrogens is 1. The van der Waals surface area contributed by atoms with Gasteiger partial charge in [-0.3, -0.25) is 4.98 Å². The van der Waals surface area contributed by atoms with E-state index in [4.69, 9.17) is 5.11 Å². The molecule has 1 aromatic heterocycles. The van der Waals surface area contributed by atoms with Gasteiger partial charge in [0.15, 0.2) is 0 Å². The first-order valence-electron chi connectivity index (χ1n) is 3.11. The third-order valence-electron chi connectivity index (χ3n) is 1.12. The van der Waals surface area contributed by atoms with Crippen molar-refractivity contribution < 1.29 is 5.11 Å². The average Bonchev–Trinajstić information content (AvgIpc) is 2.03. The Labute approximate surface area is 59.9 Å². The second-order valence-electron chi connectivity index (χ2n) is 1.87. The highest BCUT2D eigenvalue weighted by atomic mass is 16.2. The van der Waals surface area contributed by atoms with Crippen LogP contribution in [0.2, 0.25) is 0 Å². The van der Waals surface area contributed by atoms with Crippen LogP contribution in [0.3, 0.4) is 0 Å². The van der Waals surface area contributed by atoms with Gasteiger partial charge in [0.2, 0.25) is 0 Å². The van der Waals surface area contributed by atoms with E-state index < -0.39 is 0 Å². The molecule has 0 atom stereocenters. The van der Waals surface area contributed by atoms with Gasteiger partial charge in [-0.2, -0.15) is 0 Å². The highest BCUT2D eigenvalue weighted by Gasteiger charge is 1.80. The molecule has 2 heteroatoms. The van der Waals surface area contributed by atoms with Crippen LogP contribution in [0, 0.1) is 0 Å². The van der Waals surface area contributed by atoms with Gasteiger partial charge in [-0.05, 0) is 17.7 Å². The minimum absolute atomic E-state index is 0.0856. The van der Waals surface area contributed by atoms with Crippen molar-refractivity contribution in [3.8, 4) is 0 Å². The van der Waals surface area contributed by atoms with Gasteiger partial charge in [-0.25, -0.2) is 0 Å². The summed E-state index contributed by atoms with van der Waals surface area (Å²) in [5.41, 5.74) is 1.06. The van der Waals surface area contributed by atoms with Crippen LogP contribution in [-0.2, 0) is 0 Å². The summed E-state index contributed by atoms with van der Waals surface area (Å²) in [5, 5.41) is 8.43. The number of pyridine rings is 1. The molecule has 0 radical (unpaired) electrons. The highest BCUT2D eigenvalue weighted by Crippen LogP contribution is 1.97. The summed E-state index contributed by atoms with van der Waals surface area (Å²) < 4.78 is 0. The van der Waals surface area contributed by atoms with Crippen molar-refractivity contribution in [1.82, 2.24) is 4.98 Å². The third kappa shape index (κ3) is 1.99. The maximum Gasteiger partial charge on any atom is 0.0615 e. The van der Waals surface area contributed by atoms with Gasteiger partial charge in [-0.1, -0.05) is 12.2 Å². The van der Waals surface area contributed by atoms with Gasteiger partial charge in [0, 0.05) is 12.4 Å². The van der Waals surface area contributed by atoms with Crippen LogP contribution in [0.5, 0.6) is 0 Å². The molecule has 1 rings (SSSR count). The van der Waals surface area contributed by atoms with Crippen LogP contribution >= 0.6 is 0 Å². The van der Waals surface area contributed by atoms with Crippen molar-refractivity contribution in [3.63, 3.8) is 0 Å². The molecule has 0 amide bonds. The lowest BCUT2D eigenvalue weighted by Gasteiger charge is -1.87. The average molecular weight is 135 g/mol. The van der Waals surface area contributed by atoms with Gasteiger partial charge >= 0.3 is 0 Å². The lowest BCUT2D eigenvalue weighted by molar-refractivity contribution is 0.343. The fraction of sp³-hybridized carbons (Fsp3) is 0.125. The third-order valence-corrected chi connectivity index (χ3v) is 1.12. The lowest BCUT2D eigenvalue weighted by Crippen LogP contribution is -1.74. The smallest absolute Gasteiger partial charge is 0.0615 e. The molecule has 0 aliphatic heterocycles. The fourth-order valence-electron chi connectivity index (χ4n) is 0.663. The molecule has 1 N–H and O–H groups in total. The molecule has 0 bridgehead atoms. The molecule has 0 spiro atoms. The van der Waals surface area contributed by atoms with Crippen LogP contribution in [-0.4, -0.2) is 16.7 Å². The highest BCUT2D eigenvalue weighted by molar-refractivity contribution is 5.47. The molecule has 0 saturated heterocycles. The van der Waals surface area contributed by atoms with Crippen LogP contribution < -0.4 is 0 Å². The molecule has 0 saturated carbocycles. The zero-order valence-corrected chi connectivity index (χ0v) is 5.57. The van der Waals surface area contributed by atoms with E-state index in [2.05, 4.69) is 4.98 Å². The standard InChI is InChI=1S/C8H9NO/c10-7-1-2-8-3-5-9-6-4-8/h1-6,10H,7H2. The topological polar surface area (TPSA) is 33.1 Å². The summed E-state index contributed by atoms with van der Waals surface area (Å²) in [6, 6.07) is 3.76. The van der Waals surface area contributed by atoms with E-state index >= 15 is 0 Å². The summed E-state index contributed by atoms with van der Waals surface area (Å²) >= 11 is 0. The van der Waals surface area contributed by atoms with Crippen LogP contribution in [0.15, 0.2) is 30.6 Å². The second-order valence-corrected chi connectivity index (χ2v) is 1.87. The summed E-state index contributed by atoms with van der Waals surface area (Å²) in [6.45, 7) is 0.0856. The first-order valence-corrected chi connectivity index (χ1v) is 3.11. The molecule has 0 aromatic carbocycles. The van der Waals surface area contributed by atoms with Gasteiger partial charge < -0.3 is 5.11 Å². The summed E-state index contributed by atoms with van der Waals surface area (Å²) in [7, 11) is 0. The number of rotatable bonds is 2. The SMILES string of the molecule is OCC=Cc1ccncc1. The number of aliphatic hydroxyl groups excluding tert-OH is 1. The quantitative estimate of drug-likeness (QED) is 0.658. The number of hydrogen-bond donors (Lipinski definition) is 1. The normalized spacial score (nSPS) is 10.5. The molecule has 1 heterocycles. The molecule has 2 nitrogen and oxygen atoms in total. The van der Waals surface area contributed by atoms with Gasteiger partial charge in [-0.15, -0.1) is 0 Å². The fourth-order valence-corrected chi connectivity index (χ4v) is 0.663. The van der Waals surface area contributed by atoms with Crippen LogP contribution in [0.4, 0.5) is 0 Å². The Morgan fingerprint density at radius 3 is 2.70 bits per heavy atom. The molecular weight excluding hydrogens is 126 g/mol. The number of hydrogen-bond acceptors (Lipinski definition) is 2. The Bertz CT molecular complexity index is 206. The maximum absolute atomic E-state index is 8.43. The Balaban J connectivity index is 2.67. The molecular formula is C8H9NO. The van der Waals surface area contributed by atoms with Gasteiger partial charge in [0.1, 0.15) is 0 Å². The zero-order valence-electron chi connectivity index (χ0n) is 5.57. The summed E-state index contributed by atoms with van der Waals surface area (Å²) in [6.07, 6.45) is 6.98. The minimum atomic E-state index is 0.0856. The van der Waals surface area contributed by atoms with Crippen molar-refractivity contribution >= 4 is 6.08 Å². The number of aliphatic hydroxyl groups is 1. The summed E-state index contributed by atoms with van der Waals surface area (Å²) in [5.74, 6) is 0. The van der Waals surface area contributed by atoms with Crippen LogP contribution in [0.1, 0.15) is 5.56 Å². The van der Waals surface area contributed by atoms with E-state index in [0.29, 0.717) is 0 Å². The largest absolute Gasteiger partial charge is 0.392 e. The van der Waals surface area contributed by atoms with Crippen LogP contribution in [0.25, 0.3) is 6.08 Å². The first kappa shape index (κ1) is 6.96. The monoisotopic (exact) mass is 135 g/mol. The van der Waals surface area contributed by atoms with Crippen molar-refractivity contribution in [2.24, 2.45) is 0 Å². The molecule has 52 valence electrons. The molecule has 0 aliphatic rings.